The molecule has 0 aliphatic heterocycles. The summed E-state index contributed by atoms with van der Waals surface area (Å²) in [5.41, 5.74) is 5.31. The van der Waals surface area contributed by atoms with E-state index >= 15 is 0 Å². The zero-order valence-corrected chi connectivity index (χ0v) is 7.24. The molecular weight excluding hydrogens is 163 g/mol. The first-order valence-electron chi connectivity index (χ1n) is 3.14. The van der Waals surface area contributed by atoms with E-state index in [2.05, 4.69) is 24.2 Å². The quantitative estimate of drug-likeness (QED) is 0.292. The van der Waals surface area contributed by atoms with Crippen LogP contribution in [0.5, 0.6) is 0 Å². The van der Waals surface area contributed by atoms with Crippen LogP contribution >= 0.6 is 12.6 Å². The maximum Gasteiger partial charge on any atom is 0.157 e. The van der Waals surface area contributed by atoms with Gasteiger partial charge in [-0.2, -0.15) is 0 Å². The number of halogens is 1. The van der Waals surface area contributed by atoms with Crippen LogP contribution in [0.3, 0.4) is 0 Å². The smallest absolute Gasteiger partial charge is 0.157 e. The van der Waals surface area contributed by atoms with Gasteiger partial charge in [-0.25, -0.2) is 9.38 Å². The second-order valence-electron chi connectivity index (χ2n) is 1.87. The first kappa shape index (κ1) is 10.2. The van der Waals surface area contributed by atoms with Gasteiger partial charge in [-0.1, -0.05) is 13.5 Å². The monoisotopic (exact) mass is 174 g/mol. The van der Waals surface area contributed by atoms with Gasteiger partial charge in [0.15, 0.2) is 5.83 Å². The number of thiol groups is 1. The van der Waals surface area contributed by atoms with Crippen molar-refractivity contribution in [3.63, 3.8) is 0 Å². The Balaban J connectivity index is 4.51. The first-order valence-corrected chi connectivity index (χ1v) is 3.59. The molecule has 0 aliphatic rings. The molecule has 0 saturated heterocycles. The number of nitrogens with two attached hydrogens (primary N) is 1. The Morgan fingerprint density at radius 1 is 1.82 bits per heavy atom. The van der Waals surface area contributed by atoms with E-state index in [0.29, 0.717) is 12.0 Å². The minimum absolute atomic E-state index is 0.0284. The summed E-state index contributed by atoms with van der Waals surface area (Å²) < 4.78 is 12.9. The molecule has 0 aromatic carbocycles. The Morgan fingerprint density at radius 3 is 2.73 bits per heavy atom. The molecule has 0 fully saturated rings. The maximum atomic E-state index is 12.9. The SMILES string of the molecule is C=C(CC)/C(F)=C(/S)N=CN. The molecule has 0 bridgehead atoms. The number of allylic oxidation sites excluding steroid dienone is 2. The van der Waals surface area contributed by atoms with E-state index in [1.165, 1.54) is 0 Å². The Labute approximate surface area is 71.1 Å². The Morgan fingerprint density at radius 2 is 2.36 bits per heavy atom. The van der Waals surface area contributed by atoms with Crippen molar-refractivity contribution in [3.8, 4) is 0 Å². The van der Waals surface area contributed by atoms with Crippen LogP contribution in [0.4, 0.5) is 4.39 Å². The van der Waals surface area contributed by atoms with Crippen LogP contribution in [0.25, 0.3) is 0 Å². The van der Waals surface area contributed by atoms with Crippen LogP contribution in [-0.2, 0) is 0 Å². The fourth-order valence-corrected chi connectivity index (χ4v) is 0.665. The number of hydrogen-bond acceptors (Lipinski definition) is 2. The highest BCUT2D eigenvalue weighted by Gasteiger charge is 2.03. The van der Waals surface area contributed by atoms with Gasteiger partial charge in [-0.05, 0) is 12.0 Å². The standard InChI is InChI=1S/C7H11FN2S/c1-3-5(2)6(8)7(11)10-4-9/h4,11H,2-3H2,1H3,(H2,9,10)/b7-6-. The number of hydrogen-bond donors (Lipinski definition) is 2. The molecule has 0 rings (SSSR count). The lowest BCUT2D eigenvalue weighted by atomic mass is 10.2. The molecule has 62 valence electrons. The number of rotatable bonds is 3. The number of aliphatic imine (C=N–C) groups is 1. The van der Waals surface area contributed by atoms with Gasteiger partial charge >= 0.3 is 0 Å². The van der Waals surface area contributed by atoms with Crippen LogP contribution < -0.4 is 5.73 Å². The molecule has 0 amide bonds. The summed E-state index contributed by atoms with van der Waals surface area (Å²) in [4.78, 5) is 3.45. The zero-order chi connectivity index (χ0) is 8.85. The molecule has 2 nitrogen and oxygen atoms in total. The second kappa shape index (κ2) is 4.96. The summed E-state index contributed by atoms with van der Waals surface area (Å²) in [6, 6.07) is 0. The summed E-state index contributed by atoms with van der Waals surface area (Å²) in [5, 5.41) is -0.0284. The van der Waals surface area contributed by atoms with Gasteiger partial charge in [0.05, 0.1) is 6.34 Å². The third kappa shape index (κ3) is 3.23. The van der Waals surface area contributed by atoms with Gasteiger partial charge in [-0.3, -0.25) is 0 Å². The molecule has 0 heterocycles. The van der Waals surface area contributed by atoms with Crippen LogP contribution in [0.15, 0.2) is 28.0 Å². The summed E-state index contributed by atoms with van der Waals surface area (Å²) in [7, 11) is 0. The van der Waals surface area contributed by atoms with E-state index in [0.717, 1.165) is 6.34 Å². The largest absolute Gasteiger partial charge is 0.390 e. The molecule has 0 aromatic rings. The summed E-state index contributed by atoms with van der Waals surface area (Å²) in [5.74, 6) is -0.502. The predicted octanol–water partition coefficient (Wildman–Crippen LogP) is 2.01. The van der Waals surface area contributed by atoms with E-state index in [9.17, 15) is 4.39 Å². The maximum absolute atomic E-state index is 12.9. The normalized spacial score (nSPS) is 13.4. The lowest BCUT2D eigenvalue weighted by Crippen LogP contribution is -1.89. The van der Waals surface area contributed by atoms with Crippen LogP contribution in [-0.4, -0.2) is 6.34 Å². The van der Waals surface area contributed by atoms with Crippen LogP contribution in [0.2, 0.25) is 0 Å². The van der Waals surface area contributed by atoms with Crippen molar-refractivity contribution >= 4 is 19.0 Å². The Kier molecular flexibility index (Phi) is 4.61. The highest BCUT2D eigenvalue weighted by Crippen LogP contribution is 2.20. The van der Waals surface area contributed by atoms with Crippen molar-refractivity contribution in [2.75, 3.05) is 0 Å². The van der Waals surface area contributed by atoms with E-state index in [4.69, 9.17) is 5.73 Å². The fourth-order valence-electron chi connectivity index (χ4n) is 0.441. The topological polar surface area (TPSA) is 38.4 Å². The molecule has 0 aliphatic carbocycles. The van der Waals surface area contributed by atoms with Gasteiger partial charge in [0.25, 0.3) is 0 Å². The van der Waals surface area contributed by atoms with Crippen molar-refractivity contribution in [2.24, 2.45) is 10.7 Å². The van der Waals surface area contributed by atoms with Gasteiger partial charge in [0.2, 0.25) is 0 Å². The van der Waals surface area contributed by atoms with Crippen molar-refractivity contribution < 1.29 is 4.39 Å². The third-order valence-electron chi connectivity index (χ3n) is 1.13. The highest BCUT2D eigenvalue weighted by atomic mass is 32.1. The van der Waals surface area contributed by atoms with Crippen molar-refractivity contribution in [1.29, 1.82) is 0 Å². The molecule has 0 atom stereocenters. The van der Waals surface area contributed by atoms with Crippen molar-refractivity contribution in [1.82, 2.24) is 0 Å². The highest BCUT2D eigenvalue weighted by molar-refractivity contribution is 7.84. The molecule has 4 heteroatoms. The molecule has 0 radical (unpaired) electrons. The summed E-state index contributed by atoms with van der Waals surface area (Å²) >= 11 is 3.76. The molecule has 11 heavy (non-hydrogen) atoms. The minimum Gasteiger partial charge on any atom is -0.390 e. The van der Waals surface area contributed by atoms with E-state index in [1.807, 2.05) is 0 Å². The molecular formula is C7H11FN2S. The zero-order valence-electron chi connectivity index (χ0n) is 6.34. The van der Waals surface area contributed by atoms with Gasteiger partial charge < -0.3 is 5.73 Å². The minimum atomic E-state index is -0.502. The first-order chi connectivity index (χ1) is 5.13. The average Bonchev–Trinajstić information content (AvgIpc) is 2.02. The number of nitrogens with zero attached hydrogens (tertiary/aromatic N) is 1. The third-order valence-corrected chi connectivity index (χ3v) is 1.44. The van der Waals surface area contributed by atoms with E-state index < -0.39 is 5.83 Å². The molecule has 2 N–H and O–H groups in total. The summed E-state index contributed by atoms with van der Waals surface area (Å²) in [6.45, 7) is 5.28. The Hall–Kier alpha value is -0.770. The van der Waals surface area contributed by atoms with Crippen molar-refractivity contribution in [3.05, 3.63) is 23.0 Å². The van der Waals surface area contributed by atoms with Crippen LogP contribution in [0.1, 0.15) is 13.3 Å². The Bertz CT molecular complexity index is 208. The van der Waals surface area contributed by atoms with E-state index in [1.54, 1.807) is 6.92 Å². The fraction of sp³-hybridized carbons (Fsp3) is 0.286. The molecule has 0 aromatic heterocycles. The van der Waals surface area contributed by atoms with Crippen LogP contribution in [0, 0.1) is 0 Å². The van der Waals surface area contributed by atoms with Gasteiger partial charge in [0.1, 0.15) is 5.03 Å². The van der Waals surface area contributed by atoms with Gasteiger partial charge in [0, 0.05) is 0 Å². The predicted molar refractivity (Wildman–Crippen MR) is 49.2 cm³/mol. The average molecular weight is 174 g/mol. The lowest BCUT2D eigenvalue weighted by molar-refractivity contribution is 0.638. The lowest BCUT2D eigenvalue weighted by Gasteiger charge is -1.98. The second-order valence-corrected chi connectivity index (χ2v) is 2.30. The van der Waals surface area contributed by atoms with E-state index in [-0.39, 0.29) is 5.03 Å². The molecule has 0 unspecified atom stereocenters. The van der Waals surface area contributed by atoms with Crippen molar-refractivity contribution in [2.45, 2.75) is 13.3 Å². The summed E-state index contributed by atoms with van der Waals surface area (Å²) in [6.07, 6.45) is 1.53. The molecule has 0 spiro atoms. The van der Waals surface area contributed by atoms with Gasteiger partial charge in [-0.15, -0.1) is 12.6 Å². The molecule has 0 saturated carbocycles.